The number of halogens is 1. The summed E-state index contributed by atoms with van der Waals surface area (Å²) < 4.78 is 12.1. The molecule has 0 spiro atoms. The first-order valence-corrected chi connectivity index (χ1v) is 4.55. The van der Waals surface area contributed by atoms with Gasteiger partial charge in [0.05, 0.1) is 0 Å². The number of aryl methyl sites for hydroxylation is 1. The Hall–Kier alpha value is -1.12. The average molecular weight is 183 g/mol. The summed E-state index contributed by atoms with van der Waals surface area (Å²) in [7, 11) is 0. The van der Waals surface area contributed by atoms with Crippen LogP contribution in [0.3, 0.4) is 0 Å². The van der Waals surface area contributed by atoms with Gasteiger partial charge in [-0.1, -0.05) is 13.3 Å². The minimum absolute atomic E-state index is 0.209. The van der Waals surface area contributed by atoms with Gasteiger partial charge in [0, 0.05) is 11.3 Å². The number of aromatic nitrogens is 1. The Kier molecular flexibility index (Phi) is 3.68. The molecule has 2 nitrogen and oxygen atoms in total. The number of nitrogens with one attached hydrogen (secondary N) is 1. The third-order valence-electron chi connectivity index (χ3n) is 2.00. The number of hydrogen-bond donors (Lipinski definition) is 1. The molecule has 0 amide bonds. The van der Waals surface area contributed by atoms with Crippen LogP contribution >= 0.6 is 0 Å². The van der Waals surface area contributed by atoms with Gasteiger partial charge < -0.3 is 4.98 Å². The summed E-state index contributed by atoms with van der Waals surface area (Å²) >= 11 is 0. The predicted octanol–water partition coefficient (Wildman–Crippen LogP) is 2.19. The standard InChI is InChI=1S/C10H14FNO/c1-2-3-4-9-6-5-8(7-11)10(13)12-9/h5-6H,2-4,7H2,1H3,(H,12,13). The van der Waals surface area contributed by atoms with Gasteiger partial charge in [0.15, 0.2) is 0 Å². The molecule has 0 saturated carbocycles. The number of aromatic amines is 1. The highest BCUT2D eigenvalue weighted by molar-refractivity contribution is 5.13. The lowest BCUT2D eigenvalue weighted by Gasteiger charge is -2.00. The van der Waals surface area contributed by atoms with Gasteiger partial charge in [0.2, 0.25) is 0 Å². The molecule has 0 fully saturated rings. The fraction of sp³-hybridized carbons (Fsp3) is 0.500. The second kappa shape index (κ2) is 4.80. The molecule has 1 N–H and O–H groups in total. The van der Waals surface area contributed by atoms with Crippen LogP contribution in [0.1, 0.15) is 31.0 Å². The summed E-state index contributed by atoms with van der Waals surface area (Å²) in [6.07, 6.45) is 3.00. The Labute approximate surface area is 76.8 Å². The van der Waals surface area contributed by atoms with Crippen molar-refractivity contribution in [1.82, 2.24) is 4.98 Å². The minimum atomic E-state index is -0.691. The molecular formula is C10H14FNO. The maximum absolute atomic E-state index is 12.1. The molecule has 0 radical (unpaired) electrons. The zero-order valence-electron chi connectivity index (χ0n) is 7.77. The second-order valence-electron chi connectivity index (χ2n) is 3.08. The molecule has 0 aliphatic carbocycles. The van der Waals surface area contributed by atoms with Crippen molar-refractivity contribution in [1.29, 1.82) is 0 Å². The average Bonchev–Trinajstić information content (AvgIpc) is 2.15. The zero-order chi connectivity index (χ0) is 9.68. The van der Waals surface area contributed by atoms with E-state index in [1.807, 2.05) is 0 Å². The van der Waals surface area contributed by atoms with Gasteiger partial charge in [-0.25, -0.2) is 4.39 Å². The minimum Gasteiger partial charge on any atom is -0.326 e. The molecule has 0 saturated heterocycles. The Morgan fingerprint density at radius 2 is 2.23 bits per heavy atom. The molecule has 1 rings (SSSR count). The Bertz CT molecular complexity index is 319. The predicted molar refractivity (Wildman–Crippen MR) is 50.5 cm³/mol. The van der Waals surface area contributed by atoms with Crippen molar-refractivity contribution >= 4 is 0 Å². The normalized spacial score (nSPS) is 10.3. The Morgan fingerprint density at radius 1 is 1.46 bits per heavy atom. The van der Waals surface area contributed by atoms with Gasteiger partial charge in [0.1, 0.15) is 6.67 Å². The molecule has 72 valence electrons. The quantitative estimate of drug-likeness (QED) is 0.762. The number of rotatable bonds is 4. The van der Waals surface area contributed by atoms with Gasteiger partial charge in [-0.2, -0.15) is 0 Å². The molecule has 0 bridgehead atoms. The largest absolute Gasteiger partial charge is 0.326 e. The van der Waals surface area contributed by atoms with Crippen LogP contribution in [0.25, 0.3) is 0 Å². The van der Waals surface area contributed by atoms with E-state index < -0.39 is 6.67 Å². The van der Waals surface area contributed by atoms with Crippen molar-refractivity contribution in [2.75, 3.05) is 0 Å². The molecule has 13 heavy (non-hydrogen) atoms. The summed E-state index contributed by atoms with van der Waals surface area (Å²) in [6, 6.07) is 3.34. The van der Waals surface area contributed by atoms with E-state index in [2.05, 4.69) is 11.9 Å². The molecule has 1 heterocycles. The summed E-state index contributed by atoms with van der Waals surface area (Å²) in [5.41, 5.74) is 0.806. The van der Waals surface area contributed by atoms with Gasteiger partial charge >= 0.3 is 0 Å². The first-order valence-electron chi connectivity index (χ1n) is 4.55. The first-order chi connectivity index (χ1) is 6.27. The molecule has 0 aliphatic heterocycles. The fourth-order valence-corrected chi connectivity index (χ4v) is 1.16. The summed E-state index contributed by atoms with van der Waals surface area (Å²) in [5, 5.41) is 0. The van der Waals surface area contributed by atoms with Crippen molar-refractivity contribution < 1.29 is 4.39 Å². The third kappa shape index (κ3) is 2.68. The van der Waals surface area contributed by atoms with Crippen LogP contribution in [0.2, 0.25) is 0 Å². The first kappa shape index (κ1) is 9.96. The monoisotopic (exact) mass is 183 g/mol. The maximum Gasteiger partial charge on any atom is 0.253 e. The number of pyridine rings is 1. The van der Waals surface area contributed by atoms with Crippen LogP contribution < -0.4 is 5.56 Å². The Balaban J connectivity index is 2.77. The molecule has 0 aromatic carbocycles. The SMILES string of the molecule is CCCCc1ccc(CF)c(=O)[nH]1. The topological polar surface area (TPSA) is 32.9 Å². The van der Waals surface area contributed by atoms with Crippen LogP contribution in [-0.2, 0) is 13.1 Å². The molecule has 0 atom stereocenters. The van der Waals surface area contributed by atoms with E-state index >= 15 is 0 Å². The van der Waals surface area contributed by atoms with E-state index in [1.54, 1.807) is 12.1 Å². The number of alkyl halides is 1. The maximum atomic E-state index is 12.1. The third-order valence-corrected chi connectivity index (χ3v) is 2.00. The highest BCUT2D eigenvalue weighted by atomic mass is 19.1. The van der Waals surface area contributed by atoms with Crippen molar-refractivity contribution in [3.05, 3.63) is 33.7 Å². The number of hydrogen-bond acceptors (Lipinski definition) is 1. The second-order valence-corrected chi connectivity index (χ2v) is 3.08. The molecule has 3 heteroatoms. The van der Waals surface area contributed by atoms with Gasteiger partial charge in [-0.05, 0) is 25.0 Å². The van der Waals surface area contributed by atoms with Crippen LogP contribution in [0.4, 0.5) is 4.39 Å². The van der Waals surface area contributed by atoms with Gasteiger partial charge in [-0.3, -0.25) is 4.79 Å². The summed E-state index contributed by atoms with van der Waals surface area (Å²) in [6.45, 7) is 1.40. The smallest absolute Gasteiger partial charge is 0.253 e. The van der Waals surface area contributed by atoms with Crippen molar-refractivity contribution in [2.24, 2.45) is 0 Å². The lowest BCUT2D eigenvalue weighted by molar-refractivity contribution is 0.481. The van der Waals surface area contributed by atoms with E-state index in [0.717, 1.165) is 25.0 Å². The van der Waals surface area contributed by atoms with Crippen LogP contribution in [0.5, 0.6) is 0 Å². The number of H-pyrrole nitrogens is 1. The van der Waals surface area contributed by atoms with E-state index in [9.17, 15) is 9.18 Å². The van der Waals surface area contributed by atoms with E-state index in [-0.39, 0.29) is 11.1 Å². The van der Waals surface area contributed by atoms with Crippen LogP contribution in [0.15, 0.2) is 16.9 Å². The van der Waals surface area contributed by atoms with Crippen LogP contribution in [-0.4, -0.2) is 4.98 Å². The molecule has 0 unspecified atom stereocenters. The van der Waals surface area contributed by atoms with Crippen molar-refractivity contribution in [2.45, 2.75) is 32.9 Å². The Morgan fingerprint density at radius 3 is 2.77 bits per heavy atom. The lowest BCUT2D eigenvalue weighted by atomic mass is 10.1. The zero-order valence-corrected chi connectivity index (χ0v) is 7.77. The number of unbranched alkanes of at least 4 members (excludes halogenated alkanes) is 1. The molecular weight excluding hydrogens is 169 g/mol. The van der Waals surface area contributed by atoms with E-state index in [1.165, 1.54) is 0 Å². The fourth-order valence-electron chi connectivity index (χ4n) is 1.16. The molecule has 0 aliphatic rings. The molecule has 1 aromatic heterocycles. The van der Waals surface area contributed by atoms with E-state index in [4.69, 9.17) is 0 Å². The van der Waals surface area contributed by atoms with Crippen molar-refractivity contribution in [3.63, 3.8) is 0 Å². The van der Waals surface area contributed by atoms with Crippen LogP contribution in [0, 0.1) is 0 Å². The summed E-state index contributed by atoms with van der Waals surface area (Å²) in [4.78, 5) is 13.8. The van der Waals surface area contributed by atoms with E-state index in [0.29, 0.717) is 0 Å². The van der Waals surface area contributed by atoms with Gasteiger partial charge in [-0.15, -0.1) is 0 Å². The highest BCUT2D eigenvalue weighted by Gasteiger charge is 1.99. The van der Waals surface area contributed by atoms with Crippen molar-refractivity contribution in [3.8, 4) is 0 Å². The summed E-state index contributed by atoms with van der Waals surface area (Å²) in [5.74, 6) is 0. The van der Waals surface area contributed by atoms with Gasteiger partial charge in [0.25, 0.3) is 5.56 Å². The lowest BCUT2D eigenvalue weighted by Crippen LogP contribution is -2.13. The molecule has 1 aromatic rings. The highest BCUT2D eigenvalue weighted by Crippen LogP contribution is 2.01.